The third-order valence-corrected chi connectivity index (χ3v) is 5.65. The highest BCUT2D eigenvalue weighted by molar-refractivity contribution is 6.01. The van der Waals surface area contributed by atoms with Crippen LogP contribution in [0.1, 0.15) is 42.0 Å². The number of halogens is 1. The van der Waals surface area contributed by atoms with Crippen LogP contribution in [0.15, 0.2) is 42.5 Å². The van der Waals surface area contributed by atoms with Gasteiger partial charge in [-0.05, 0) is 35.2 Å². The molecule has 2 aliphatic heterocycles. The zero-order chi connectivity index (χ0) is 19.7. The van der Waals surface area contributed by atoms with Gasteiger partial charge in [-0.1, -0.05) is 37.3 Å². The third kappa shape index (κ3) is 3.52. The molecule has 1 fully saturated rings. The lowest BCUT2D eigenvalue weighted by Crippen LogP contribution is -2.50. The van der Waals surface area contributed by atoms with Crippen molar-refractivity contribution >= 4 is 17.5 Å². The standard InChI is InChI=1S/C22H24FN3O2/c1-2-14-3-5-15(6-4-14)20-13-24-9-10-26(20)22(28)18-12-21(27)25-19-11-16(23)7-8-17(18)19/h3-8,11,18,20,24H,2,9-10,12-13H2,1H3,(H,25,27). The highest BCUT2D eigenvalue weighted by atomic mass is 19.1. The van der Waals surface area contributed by atoms with Crippen LogP contribution in [0.25, 0.3) is 0 Å². The van der Waals surface area contributed by atoms with Crippen molar-refractivity contribution in [3.05, 3.63) is 65.0 Å². The summed E-state index contributed by atoms with van der Waals surface area (Å²) in [5.41, 5.74) is 3.42. The van der Waals surface area contributed by atoms with E-state index in [4.69, 9.17) is 0 Å². The minimum absolute atomic E-state index is 0.0752. The summed E-state index contributed by atoms with van der Waals surface area (Å²) in [4.78, 5) is 27.5. The van der Waals surface area contributed by atoms with Crippen molar-refractivity contribution in [1.82, 2.24) is 10.2 Å². The zero-order valence-corrected chi connectivity index (χ0v) is 15.9. The number of hydrogen-bond donors (Lipinski definition) is 2. The van der Waals surface area contributed by atoms with Crippen molar-refractivity contribution in [3.8, 4) is 0 Å². The van der Waals surface area contributed by atoms with Gasteiger partial charge >= 0.3 is 0 Å². The van der Waals surface area contributed by atoms with Crippen molar-refractivity contribution in [3.63, 3.8) is 0 Å². The Labute approximate surface area is 163 Å². The number of anilines is 1. The summed E-state index contributed by atoms with van der Waals surface area (Å²) in [7, 11) is 0. The average molecular weight is 381 g/mol. The fourth-order valence-electron chi connectivity index (χ4n) is 4.10. The first-order valence-electron chi connectivity index (χ1n) is 9.76. The van der Waals surface area contributed by atoms with E-state index in [1.54, 1.807) is 6.07 Å². The number of rotatable bonds is 3. The number of piperazine rings is 1. The fraction of sp³-hybridized carbons (Fsp3) is 0.364. The van der Waals surface area contributed by atoms with Crippen LogP contribution in [-0.4, -0.2) is 36.3 Å². The Morgan fingerprint density at radius 2 is 2.00 bits per heavy atom. The summed E-state index contributed by atoms with van der Waals surface area (Å²) >= 11 is 0. The molecule has 2 unspecified atom stereocenters. The summed E-state index contributed by atoms with van der Waals surface area (Å²) in [5, 5.41) is 6.04. The number of benzene rings is 2. The molecule has 28 heavy (non-hydrogen) atoms. The van der Waals surface area contributed by atoms with E-state index >= 15 is 0 Å². The third-order valence-electron chi connectivity index (χ3n) is 5.65. The Bertz CT molecular complexity index is 897. The maximum absolute atomic E-state index is 13.6. The Morgan fingerprint density at radius 1 is 1.21 bits per heavy atom. The molecule has 1 saturated heterocycles. The van der Waals surface area contributed by atoms with E-state index in [0.717, 1.165) is 12.0 Å². The van der Waals surface area contributed by atoms with Gasteiger partial charge < -0.3 is 15.5 Å². The van der Waals surface area contributed by atoms with Gasteiger partial charge in [0.1, 0.15) is 5.82 Å². The van der Waals surface area contributed by atoms with Crippen LogP contribution in [0.5, 0.6) is 0 Å². The molecule has 2 N–H and O–H groups in total. The van der Waals surface area contributed by atoms with Gasteiger partial charge in [0.25, 0.3) is 0 Å². The van der Waals surface area contributed by atoms with Crippen molar-refractivity contribution in [2.24, 2.45) is 0 Å². The zero-order valence-electron chi connectivity index (χ0n) is 15.9. The van der Waals surface area contributed by atoms with Crippen molar-refractivity contribution in [1.29, 1.82) is 0 Å². The first kappa shape index (κ1) is 18.6. The molecular weight excluding hydrogens is 357 g/mol. The molecule has 2 aromatic rings. The van der Waals surface area contributed by atoms with Gasteiger partial charge in [-0.15, -0.1) is 0 Å². The molecule has 146 valence electrons. The second-order valence-electron chi connectivity index (χ2n) is 7.38. The van der Waals surface area contributed by atoms with Gasteiger partial charge in [0.2, 0.25) is 11.8 Å². The minimum Gasteiger partial charge on any atom is -0.333 e. The van der Waals surface area contributed by atoms with Crippen LogP contribution in [-0.2, 0) is 16.0 Å². The normalized spacial score (nSPS) is 21.8. The molecule has 0 spiro atoms. The van der Waals surface area contributed by atoms with Crippen molar-refractivity contribution in [2.45, 2.75) is 31.7 Å². The molecule has 0 aromatic heterocycles. The molecule has 0 aliphatic carbocycles. The van der Waals surface area contributed by atoms with E-state index < -0.39 is 11.7 Å². The number of aryl methyl sites for hydroxylation is 1. The maximum Gasteiger partial charge on any atom is 0.231 e. The summed E-state index contributed by atoms with van der Waals surface area (Å²) < 4.78 is 13.6. The molecular formula is C22H24FN3O2. The Morgan fingerprint density at radius 3 is 2.75 bits per heavy atom. The lowest BCUT2D eigenvalue weighted by molar-refractivity contribution is -0.138. The molecule has 2 heterocycles. The first-order chi connectivity index (χ1) is 13.6. The number of amides is 2. The topological polar surface area (TPSA) is 61.4 Å². The molecule has 6 heteroatoms. The summed E-state index contributed by atoms with van der Waals surface area (Å²) in [6, 6.07) is 12.5. The van der Waals surface area contributed by atoms with Crippen LogP contribution < -0.4 is 10.6 Å². The predicted octanol–water partition coefficient (Wildman–Crippen LogP) is 2.99. The van der Waals surface area contributed by atoms with Crippen LogP contribution >= 0.6 is 0 Å². The molecule has 5 nitrogen and oxygen atoms in total. The fourth-order valence-corrected chi connectivity index (χ4v) is 4.10. The average Bonchev–Trinajstić information content (AvgIpc) is 2.72. The van der Waals surface area contributed by atoms with Gasteiger partial charge in [0.05, 0.1) is 12.0 Å². The van der Waals surface area contributed by atoms with Gasteiger partial charge in [-0.2, -0.15) is 0 Å². The van der Waals surface area contributed by atoms with Crippen LogP contribution in [0.4, 0.5) is 10.1 Å². The summed E-state index contributed by atoms with van der Waals surface area (Å²) in [5.74, 6) is -1.34. The molecule has 0 saturated carbocycles. The lowest BCUT2D eigenvalue weighted by atomic mass is 9.88. The number of carbonyl (C=O) groups is 2. The quantitative estimate of drug-likeness (QED) is 0.859. The summed E-state index contributed by atoms with van der Waals surface area (Å²) in [6.45, 7) is 4.08. The smallest absolute Gasteiger partial charge is 0.231 e. The van der Waals surface area contributed by atoms with E-state index in [0.29, 0.717) is 30.9 Å². The molecule has 0 bridgehead atoms. The van der Waals surface area contributed by atoms with Crippen LogP contribution in [0.3, 0.4) is 0 Å². The van der Waals surface area contributed by atoms with E-state index in [-0.39, 0.29) is 24.3 Å². The highest BCUT2D eigenvalue weighted by Gasteiger charge is 2.37. The van der Waals surface area contributed by atoms with Crippen molar-refractivity contribution in [2.75, 3.05) is 25.0 Å². The number of carbonyl (C=O) groups excluding carboxylic acids is 2. The van der Waals surface area contributed by atoms with E-state index in [1.807, 2.05) is 4.90 Å². The number of nitrogens with zero attached hydrogens (tertiary/aromatic N) is 1. The van der Waals surface area contributed by atoms with Gasteiger partial charge in [-0.25, -0.2) is 4.39 Å². The van der Waals surface area contributed by atoms with Crippen molar-refractivity contribution < 1.29 is 14.0 Å². The Balaban J connectivity index is 1.64. The van der Waals surface area contributed by atoms with E-state index in [9.17, 15) is 14.0 Å². The Hall–Kier alpha value is -2.73. The number of fused-ring (bicyclic) bond motifs is 1. The monoisotopic (exact) mass is 381 g/mol. The maximum atomic E-state index is 13.6. The van der Waals surface area contributed by atoms with Gasteiger partial charge in [0, 0.05) is 31.7 Å². The van der Waals surface area contributed by atoms with Crippen LogP contribution in [0.2, 0.25) is 0 Å². The largest absolute Gasteiger partial charge is 0.333 e. The SMILES string of the molecule is CCc1ccc(C2CNCCN2C(=O)C2CC(=O)Nc3cc(F)ccc32)cc1. The molecule has 2 aromatic carbocycles. The summed E-state index contributed by atoms with van der Waals surface area (Å²) in [6.07, 6.45) is 1.05. The number of hydrogen-bond acceptors (Lipinski definition) is 3. The molecule has 2 aliphatic rings. The predicted molar refractivity (Wildman–Crippen MR) is 106 cm³/mol. The molecule has 0 radical (unpaired) electrons. The minimum atomic E-state index is -0.583. The molecule has 4 rings (SSSR count). The number of nitrogens with one attached hydrogen (secondary N) is 2. The van der Waals surface area contributed by atoms with Crippen LogP contribution in [0, 0.1) is 5.82 Å². The van der Waals surface area contributed by atoms with E-state index in [2.05, 4.69) is 41.8 Å². The van der Waals surface area contributed by atoms with Gasteiger partial charge in [0.15, 0.2) is 0 Å². The van der Waals surface area contributed by atoms with Gasteiger partial charge in [-0.3, -0.25) is 9.59 Å². The second kappa shape index (κ2) is 7.72. The molecule has 2 amide bonds. The lowest BCUT2D eigenvalue weighted by Gasteiger charge is -2.39. The van der Waals surface area contributed by atoms with E-state index in [1.165, 1.54) is 17.7 Å². The second-order valence-corrected chi connectivity index (χ2v) is 7.38. The molecule has 2 atom stereocenters. The highest BCUT2D eigenvalue weighted by Crippen LogP contribution is 2.36. The Kier molecular flexibility index (Phi) is 5.13. The first-order valence-corrected chi connectivity index (χ1v) is 9.76.